The van der Waals surface area contributed by atoms with Gasteiger partial charge in [-0.2, -0.15) is 0 Å². The van der Waals surface area contributed by atoms with E-state index in [2.05, 4.69) is 0 Å². The Morgan fingerprint density at radius 2 is 1.71 bits per heavy atom. The molecule has 4 nitrogen and oxygen atoms in total. The number of esters is 1. The summed E-state index contributed by atoms with van der Waals surface area (Å²) in [6.07, 6.45) is 0. The lowest BCUT2D eigenvalue weighted by Gasteiger charge is -2.08. The van der Waals surface area contributed by atoms with Gasteiger partial charge in [-0.3, -0.25) is 4.79 Å². The van der Waals surface area contributed by atoms with Gasteiger partial charge in [-0.15, -0.1) is 0 Å². The molecule has 0 atom stereocenters. The van der Waals surface area contributed by atoms with Gasteiger partial charge in [0.25, 0.3) is 0 Å². The first-order valence-electron chi connectivity index (χ1n) is 6.20. The van der Waals surface area contributed by atoms with E-state index in [-0.39, 0.29) is 11.3 Å². The second-order valence-corrected chi connectivity index (χ2v) is 4.21. The Morgan fingerprint density at radius 1 is 1.05 bits per heavy atom. The zero-order valence-electron chi connectivity index (χ0n) is 11.3. The van der Waals surface area contributed by atoms with Crippen LogP contribution in [0, 0.1) is 5.82 Å². The third-order valence-corrected chi connectivity index (χ3v) is 2.82. The number of benzene rings is 2. The highest BCUT2D eigenvalue weighted by Gasteiger charge is 2.15. The van der Waals surface area contributed by atoms with E-state index in [1.807, 2.05) is 0 Å². The molecule has 0 fully saturated rings. The quantitative estimate of drug-likeness (QED) is 0.627. The fourth-order valence-corrected chi connectivity index (χ4v) is 1.75. The summed E-state index contributed by atoms with van der Waals surface area (Å²) >= 11 is 0. The van der Waals surface area contributed by atoms with Crippen LogP contribution in [0.15, 0.2) is 48.5 Å². The van der Waals surface area contributed by atoms with Gasteiger partial charge in [0.1, 0.15) is 11.6 Å². The van der Waals surface area contributed by atoms with Gasteiger partial charge >= 0.3 is 5.97 Å². The van der Waals surface area contributed by atoms with Crippen LogP contribution in [0.1, 0.15) is 20.7 Å². The standard InChI is InChI=1S/C16H13FO4/c1-20-15-5-3-2-4-13(15)14(18)10-21-16(19)11-6-8-12(17)9-7-11/h2-9H,10H2,1H3. The first kappa shape index (κ1) is 14.7. The molecule has 2 aromatic carbocycles. The van der Waals surface area contributed by atoms with Gasteiger partial charge in [0.05, 0.1) is 18.2 Å². The van der Waals surface area contributed by atoms with Gasteiger partial charge in [0.2, 0.25) is 5.78 Å². The topological polar surface area (TPSA) is 52.6 Å². The summed E-state index contributed by atoms with van der Waals surface area (Å²) in [5.41, 5.74) is 0.524. The van der Waals surface area contributed by atoms with Gasteiger partial charge in [-0.1, -0.05) is 12.1 Å². The lowest BCUT2D eigenvalue weighted by molar-refractivity contribution is 0.0474. The van der Waals surface area contributed by atoms with E-state index in [0.717, 1.165) is 12.1 Å². The Bertz CT molecular complexity index is 650. The largest absolute Gasteiger partial charge is 0.496 e. The van der Waals surface area contributed by atoms with Gasteiger partial charge < -0.3 is 9.47 Å². The van der Waals surface area contributed by atoms with Gasteiger partial charge in [0, 0.05) is 0 Å². The van der Waals surface area contributed by atoms with Crippen molar-refractivity contribution in [1.82, 2.24) is 0 Å². The SMILES string of the molecule is COc1ccccc1C(=O)COC(=O)c1ccc(F)cc1. The van der Waals surface area contributed by atoms with Crippen LogP contribution in [0.25, 0.3) is 0 Å². The second-order valence-electron chi connectivity index (χ2n) is 4.21. The van der Waals surface area contributed by atoms with Crippen molar-refractivity contribution in [1.29, 1.82) is 0 Å². The van der Waals surface area contributed by atoms with E-state index in [1.165, 1.54) is 19.2 Å². The highest BCUT2D eigenvalue weighted by molar-refractivity contribution is 6.01. The number of hydrogen-bond acceptors (Lipinski definition) is 4. The first-order chi connectivity index (χ1) is 10.1. The van der Waals surface area contributed by atoms with Crippen molar-refractivity contribution in [2.45, 2.75) is 0 Å². The Balaban J connectivity index is 2.01. The van der Waals surface area contributed by atoms with E-state index in [0.29, 0.717) is 11.3 Å². The lowest BCUT2D eigenvalue weighted by Crippen LogP contribution is -2.15. The molecule has 108 valence electrons. The first-order valence-corrected chi connectivity index (χ1v) is 6.20. The number of methoxy groups -OCH3 is 1. The van der Waals surface area contributed by atoms with Crippen molar-refractivity contribution in [3.8, 4) is 5.75 Å². The lowest BCUT2D eigenvalue weighted by atomic mass is 10.1. The van der Waals surface area contributed by atoms with E-state index in [1.54, 1.807) is 24.3 Å². The molecular weight excluding hydrogens is 275 g/mol. The number of para-hydroxylation sites is 1. The average Bonchev–Trinajstić information content (AvgIpc) is 2.52. The van der Waals surface area contributed by atoms with Crippen LogP contribution in [0.4, 0.5) is 4.39 Å². The third kappa shape index (κ3) is 3.66. The van der Waals surface area contributed by atoms with E-state index in [4.69, 9.17) is 9.47 Å². The minimum absolute atomic E-state index is 0.184. The molecule has 0 amide bonds. The minimum atomic E-state index is -0.682. The third-order valence-electron chi connectivity index (χ3n) is 2.82. The monoisotopic (exact) mass is 288 g/mol. The predicted molar refractivity (Wildman–Crippen MR) is 74.0 cm³/mol. The Hall–Kier alpha value is -2.69. The minimum Gasteiger partial charge on any atom is -0.496 e. The van der Waals surface area contributed by atoms with Gasteiger partial charge in [0.15, 0.2) is 6.61 Å². The molecule has 0 unspecified atom stereocenters. The predicted octanol–water partition coefficient (Wildman–Crippen LogP) is 2.87. The zero-order chi connectivity index (χ0) is 15.2. The maximum Gasteiger partial charge on any atom is 0.338 e. The molecule has 2 rings (SSSR count). The highest BCUT2D eigenvalue weighted by Crippen LogP contribution is 2.18. The summed E-state index contributed by atoms with van der Waals surface area (Å²) in [6, 6.07) is 11.6. The second kappa shape index (κ2) is 6.65. The van der Waals surface area contributed by atoms with E-state index >= 15 is 0 Å². The normalized spacial score (nSPS) is 10.0. The number of ketones is 1. The van der Waals surface area contributed by atoms with Crippen molar-refractivity contribution < 1.29 is 23.5 Å². The molecule has 2 aromatic rings. The Morgan fingerprint density at radius 3 is 2.38 bits per heavy atom. The Labute approximate surface area is 121 Å². The molecule has 0 aliphatic carbocycles. The van der Waals surface area contributed by atoms with Crippen LogP contribution >= 0.6 is 0 Å². The summed E-state index contributed by atoms with van der Waals surface area (Å²) in [5.74, 6) is -1.09. The average molecular weight is 288 g/mol. The van der Waals surface area contributed by atoms with Crippen LogP contribution in [0.3, 0.4) is 0 Å². The summed E-state index contributed by atoms with van der Waals surface area (Å²) in [4.78, 5) is 23.7. The smallest absolute Gasteiger partial charge is 0.338 e. The molecule has 0 aromatic heterocycles. The van der Waals surface area contributed by atoms with Crippen molar-refractivity contribution in [2.24, 2.45) is 0 Å². The molecule has 0 saturated heterocycles. The number of Topliss-reactive ketones (excluding diaryl/α,β-unsaturated/α-hetero) is 1. The van der Waals surface area contributed by atoms with Crippen molar-refractivity contribution in [3.05, 3.63) is 65.5 Å². The Kier molecular flexibility index (Phi) is 4.66. The van der Waals surface area contributed by atoms with Crippen LogP contribution in [-0.4, -0.2) is 25.5 Å². The molecular formula is C16H13FO4. The fourth-order valence-electron chi connectivity index (χ4n) is 1.75. The number of rotatable bonds is 5. The number of carbonyl (C=O) groups excluding carboxylic acids is 2. The maximum absolute atomic E-state index is 12.7. The molecule has 0 spiro atoms. The highest BCUT2D eigenvalue weighted by atomic mass is 19.1. The number of ether oxygens (including phenoxy) is 2. The molecule has 0 saturated carbocycles. The summed E-state index contributed by atoms with van der Waals surface area (Å²) < 4.78 is 22.7. The summed E-state index contributed by atoms with van der Waals surface area (Å²) in [5, 5.41) is 0. The number of halogens is 1. The maximum atomic E-state index is 12.7. The molecule has 0 aliphatic heterocycles. The number of hydrogen-bond donors (Lipinski definition) is 0. The molecule has 0 aliphatic rings. The summed E-state index contributed by atoms with van der Waals surface area (Å²) in [7, 11) is 1.45. The molecule has 5 heteroatoms. The molecule has 0 radical (unpaired) electrons. The van der Waals surface area contributed by atoms with Gasteiger partial charge in [-0.05, 0) is 36.4 Å². The molecule has 0 heterocycles. The molecule has 0 N–H and O–H groups in total. The number of carbonyl (C=O) groups is 2. The van der Waals surface area contributed by atoms with Gasteiger partial charge in [-0.25, -0.2) is 9.18 Å². The molecule has 0 bridgehead atoms. The molecule has 21 heavy (non-hydrogen) atoms. The van der Waals surface area contributed by atoms with Crippen LogP contribution in [0.5, 0.6) is 5.75 Å². The van der Waals surface area contributed by atoms with E-state index in [9.17, 15) is 14.0 Å². The zero-order valence-corrected chi connectivity index (χ0v) is 11.3. The van der Waals surface area contributed by atoms with Crippen LogP contribution < -0.4 is 4.74 Å². The van der Waals surface area contributed by atoms with Crippen LogP contribution in [0.2, 0.25) is 0 Å². The van der Waals surface area contributed by atoms with Crippen molar-refractivity contribution in [2.75, 3.05) is 13.7 Å². The van der Waals surface area contributed by atoms with Crippen molar-refractivity contribution >= 4 is 11.8 Å². The van der Waals surface area contributed by atoms with E-state index < -0.39 is 18.4 Å². The summed E-state index contributed by atoms with van der Waals surface area (Å²) in [6.45, 7) is -0.406. The van der Waals surface area contributed by atoms with Crippen molar-refractivity contribution in [3.63, 3.8) is 0 Å². The fraction of sp³-hybridized carbons (Fsp3) is 0.125. The van der Waals surface area contributed by atoms with Crippen LogP contribution in [-0.2, 0) is 4.74 Å².